The lowest BCUT2D eigenvalue weighted by atomic mass is 10.0. The average Bonchev–Trinajstić information content (AvgIpc) is 3.30. The first-order chi connectivity index (χ1) is 10.00. The number of carboxylic acid groups (broad SMARTS) is 1. The Bertz CT molecular complexity index is 595. The second kappa shape index (κ2) is 5.47. The Balaban J connectivity index is 1.61. The number of carbonyl (C=O) groups is 2. The summed E-state index contributed by atoms with van der Waals surface area (Å²) < 4.78 is 0.821. The quantitative estimate of drug-likeness (QED) is 0.664. The van der Waals surface area contributed by atoms with Gasteiger partial charge in [-0.25, -0.2) is 9.59 Å². The van der Waals surface area contributed by atoms with E-state index in [2.05, 4.69) is 10.6 Å². The van der Waals surface area contributed by atoms with Gasteiger partial charge < -0.3 is 15.7 Å². The van der Waals surface area contributed by atoms with Crippen LogP contribution in [-0.4, -0.2) is 23.7 Å². The molecule has 0 bridgehead atoms. The van der Waals surface area contributed by atoms with Crippen LogP contribution in [0.4, 0.5) is 10.5 Å². The molecule has 0 aromatic heterocycles. The standard InChI is InChI=1S/C15H17IN2O3/c16-10-3-4-12(11(7-10)13(19)20)18-14(21)17-8-15(5-6-15)9-1-2-9/h3-4,7,9H,1-2,5-6,8H2,(H,19,20)(H2,17,18,21). The monoisotopic (exact) mass is 400 g/mol. The molecule has 3 rings (SSSR count). The van der Waals surface area contributed by atoms with Crippen molar-refractivity contribution in [3.8, 4) is 0 Å². The molecule has 0 aliphatic heterocycles. The summed E-state index contributed by atoms with van der Waals surface area (Å²) >= 11 is 2.05. The van der Waals surface area contributed by atoms with Gasteiger partial charge in [0, 0.05) is 10.1 Å². The molecule has 2 amide bonds. The highest BCUT2D eigenvalue weighted by Gasteiger charge is 2.53. The molecule has 1 aromatic rings. The predicted octanol–water partition coefficient (Wildman–Crippen LogP) is 3.30. The van der Waals surface area contributed by atoms with Gasteiger partial charge in [-0.15, -0.1) is 0 Å². The van der Waals surface area contributed by atoms with Crippen LogP contribution in [0.1, 0.15) is 36.0 Å². The second-order valence-corrected chi connectivity index (χ2v) is 7.19. The summed E-state index contributed by atoms with van der Waals surface area (Å²) in [5.74, 6) is -0.258. The molecule has 0 unspecified atom stereocenters. The summed E-state index contributed by atoms with van der Waals surface area (Å²) in [6.45, 7) is 0.691. The third kappa shape index (κ3) is 3.30. The van der Waals surface area contributed by atoms with E-state index in [-0.39, 0.29) is 11.6 Å². The maximum absolute atomic E-state index is 12.0. The molecule has 2 saturated carbocycles. The van der Waals surface area contributed by atoms with E-state index in [0.717, 1.165) is 9.49 Å². The molecule has 1 aromatic carbocycles. The number of hydrogen-bond acceptors (Lipinski definition) is 2. The molecule has 0 heterocycles. The number of urea groups is 1. The number of anilines is 1. The largest absolute Gasteiger partial charge is 0.478 e. The lowest BCUT2D eigenvalue weighted by Gasteiger charge is -2.16. The molecule has 3 N–H and O–H groups in total. The Morgan fingerprint density at radius 1 is 1.33 bits per heavy atom. The van der Waals surface area contributed by atoms with Crippen LogP contribution in [0.5, 0.6) is 0 Å². The zero-order valence-corrected chi connectivity index (χ0v) is 13.6. The minimum Gasteiger partial charge on any atom is -0.478 e. The first-order valence-corrected chi connectivity index (χ1v) is 8.16. The first-order valence-electron chi connectivity index (χ1n) is 7.08. The van der Waals surface area contributed by atoms with Crippen LogP contribution < -0.4 is 10.6 Å². The van der Waals surface area contributed by atoms with Crippen molar-refractivity contribution in [2.45, 2.75) is 25.7 Å². The number of aromatic carboxylic acids is 1. The number of hydrogen-bond donors (Lipinski definition) is 3. The summed E-state index contributed by atoms with van der Waals surface area (Å²) in [7, 11) is 0. The number of carbonyl (C=O) groups excluding carboxylic acids is 1. The van der Waals surface area contributed by atoms with Crippen molar-refractivity contribution in [1.29, 1.82) is 0 Å². The second-order valence-electron chi connectivity index (χ2n) is 5.94. The van der Waals surface area contributed by atoms with Gasteiger partial charge in [-0.1, -0.05) is 0 Å². The molecule has 21 heavy (non-hydrogen) atoms. The number of benzene rings is 1. The molecule has 5 nitrogen and oxygen atoms in total. The van der Waals surface area contributed by atoms with E-state index in [0.29, 0.717) is 17.6 Å². The lowest BCUT2D eigenvalue weighted by molar-refractivity contribution is 0.0698. The van der Waals surface area contributed by atoms with Crippen molar-refractivity contribution < 1.29 is 14.7 Å². The molecule has 2 aliphatic rings. The van der Waals surface area contributed by atoms with Crippen LogP contribution >= 0.6 is 22.6 Å². The third-order valence-electron chi connectivity index (χ3n) is 4.40. The fraction of sp³-hybridized carbons (Fsp3) is 0.467. The van der Waals surface area contributed by atoms with Crippen molar-refractivity contribution in [3.63, 3.8) is 0 Å². The highest BCUT2D eigenvalue weighted by molar-refractivity contribution is 14.1. The maximum Gasteiger partial charge on any atom is 0.337 e. The number of halogens is 1. The third-order valence-corrected chi connectivity index (χ3v) is 5.07. The average molecular weight is 400 g/mol. The SMILES string of the molecule is O=C(NCC1(C2CC2)CC1)Nc1ccc(I)cc1C(=O)O. The minimum absolute atomic E-state index is 0.111. The van der Waals surface area contributed by atoms with Crippen LogP contribution in [0, 0.1) is 14.9 Å². The highest BCUT2D eigenvalue weighted by atomic mass is 127. The Morgan fingerprint density at radius 2 is 2.05 bits per heavy atom. The van der Waals surface area contributed by atoms with E-state index in [1.165, 1.54) is 25.7 Å². The molecule has 0 spiro atoms. The molecule has 0 atom stereocenters. The van der Waals surface area contributed by atoms with Crippen LogP contribution in [0.15, 0.2) is 18.2 Å². The van der Waals surface area contributed by atoms with Gasteiger partial charge in [0.1, 0.15) is 0 Å². The maximum atomic E-state index is 12.0. The Hall–Kier alpha value is -1.31. The van der Waals surface area contributed by atoms with Gasteiger partial charge >= 0.3 is 12.0 Å². The molecule has 2 aliphatic carbocycles. The van der Waals surface area contributed by atoms with E-state index in [9.17, 15) is 14.7 Å². The Labute approximate surface area is 136 Å². The van der Waals surface area contributed by atoms with Crippen molar-refractivity contribution in [2.75, 3.05) is 11.9 Å². The van der Waals surface area contributed by atoms with Crippen LogP contribution in [-0.2, 0) is 0 Å². The summed E-state index contributed by atoms with van der Waals surface area (Å²) in [4.78, 5) is 23.2. The van der Waals surface area contributed by atoms with E-state index in [1.807, 2.05) is 22.6 Å². The summed E-state index contributed by atoms with van der Waals surface area (Å²) in [5.41, 5.74) is 0.774. The topological polar surface area (TPSA) is 78.4 Å². The zero-order valence-electron chi connectivity index (χ0n) is 11.5. The molecule has 6 heteroatoms. The van der Waals surface area contributed by atoms with Gasteiger partial charge in [0.05, 0.1) is 11.3 Å². The van der Waals surface area contributed by atoms with Gasteiger partial charge in [0.25, 0.3) is 0 Å². The Kier molecular flexibility index (Phi) is 3.81. The number of amides is 2. The molecule has 2 fully saturated rings. The molecule has 0 saturated heterocycles. The summed E-state index contributed by atoms with van der Waals surface area (Å²) in [6, 6.07) is 4.62. The van der Waals surface area contributed by atoms with E-state index in [1.54, 1.807) is 18.2 Å². The predicted molar refractivity (Wildman–Crippen MR) is 87.5 cm³/mol. The fourth-order valence-electron chi connectivity index (χ4n) is 2.81. The molecular formula is C15H17IN2O3. The van der Waals surface area contributed by atoms with E-state index >= 15 is 0 Å². The van der Waals surface area contributed by atoms with E-state index in [4.69, 9.17) is 0 Å². The molecule has 112 valence electrons. The van der Waals surface area contributed by atoms with E-state index < -0.39 is 5.97 Å². The van der Waals surface area contributed by atoms with Crippen LogP contribution in [0.3, 0.4) is 0 Å². The van der Waals surface area contributed by atoms with Gasteiger partial charge in [-0.2, -0.15) is 0 Å². The first kappa shape index (κ1) is 14.6. The van der Waals surface area contributed by atoms with Crippen LogP contribution in [0.2, 0.25) is 0 Å². The minimum atomic E-state index is -1.04. The zero-order chi connectivity index (χ0) is 15.0. The van der Waals surface area contributed by atoms with Crippen molar-refractivity contribution in [3.05, 3.63) is 27.3 Å². The molecular weight excluding hydrogens is 383 g/mol. The lowest BCUT2D eigenvalue weighted by Crippen LogP contribution is -2.35. The number of carboxylic acids is 1. The summed E-state index contributed by atoms with van der Waals surface area (Å²) in [6.07, 6.45) is 4.96. The normalized spacial score (nSPS) is 18.9. The molecule has 0 radical (unpaired) electrons. The highest BCUT2D eigenvalue weighted by Crippen LogP contribution is 2.60. The van der Waals surface area contributed by atoms with Gasteiger partial charge in [-0.05, 0) is 77.8 Å². The Morgan fingerprint density at radius 3 is 2.62 bits per heavy atom. The smallest absolute Gasteiger partial charge is 0.337 e. The van der Waals surface area contributed by atoms with Gasteiger partial charge in [0.2, 0.25) is 0 Å². The van der Waals surface area contributed by atoms with Gasteiger partial charge in [-0.3, -0.25) is 0 Å². The fourth-order valence-corrected chi connectivity index (χ4v) is 3.30. The van der Waals surface area contributed by atoms with Crippen LogP contribution in [0.25, 0.3) is 0 Å². The van der Waals surface area contributed by atoms with Crippen molar-refractivity contribution >= 4 is 40.3 Å². The summed E-state index contributed by atoms with van der Waals surface area (Å²) in [5, 5.41) is 14.7. The number of rotatable bonds is 5. The number of nitrogens with one attached hydrogen (secondary N) is 2. The van der Waals surface area contributed by atoms with Gasteiger partial charge in [0.15, 0.2) is 0 Å². The van der Waals surface area contributed by atoms with Crippen molar-refractivity contribution in [1.82, 2.24) is 5.32 Å². The van der Waals surface area contributed by atoms with Crippen molar-refractivity contribution in [2.24, 2.45) is 11.3 Å².